The third-order valence-electron chi connectivity index (χ3n) is 14.5. The van der Waals surface area contributed by atoms with Crippen LogP contribution in [0.5, 0.6) is 0 Å². The molecule has 0 spiro atoms. The van der Waals surface area contributed by atoms with Crippen molar-refractivity contribution in [2.75, 3.05) is 4.90 Å². The molecule has 5 heteroatoms. The maximum absolute atomic E-state index is 7.08. The Bertz CT molecular complexity index is 3780. The van der Waals surface area contributed by atoms with Crippen molar-refractivity contribution in [1.82, 2.24) is 4.48 Å². The topological polar surface area (TPSA) is 21.3 Å². The Balaban J connectivity index is 1.23. The van der Waals surface area contributed by atoms with E-state index in [-0.39, 0.29) is 17.7 Å². The lowest BCUT2D eigenvalue weighted by Crippen LogP contribution is -2.57. The Labute approximate surface area is 364 Å². The minimum Gasteiger partial charge on any atom is -0.441 e. The van der Waals surface area contributed by atoms with Crippen molar-refractivity contribution in [3.63, 3.8) is 0 Å². The van der Waals surface area contributed by atoms with Gasteiger partial charge in [0, 0.05) is 58.7 Å². The zero-order chi connectivity index (χ0) is 41.4. The van der Waals surface area contributed by atoms with Crippen LogP contribution in [0, 0.1) is 0 Å². The molecular weight excluding hydrogens is 772 g/mol. The molecule has 0 atom stereocenters. The molecule has 294 valence electrons. The van der Waals surface area contributed by atoms with E-state index in [0.29, 0.717) is 0 Å². The molecule has 0 fully saturated rings. The fourth-order valence-electron chi connectivity index (χ4n) is 11.7. The van der Waals surface area contributed by atoms with Gasteiger partial charge in [0.05, 0.1) is 16.8 Å². The fraction of sp³-hybridized carbons (Fsp3) is 0.123. The molecule has 3 nitrogen and oxygen atoms in total. The lowest BCUT2D eigenvalue weighted by atomic mass is 9.44. The van der Waals surface area contributed by atoms with Crippen LogP contribution in [0.15, 0.2) is 162 Å². The summed E-state index contributed by atoms with van der Waals surface area (Å²) in [6, 6.07) is 59.5. The number of fused-ring (bicyclic) bond motifs is 17. The van der Waals surface area contributed by atoms with Gasteiger partial charge in [-0.2, -0.15) is 0 Å². The van der Waals surface area contributed by atoms with Crippen LogP contribution in [0.2, 0.25) is 0 Å². The molecule has 0 unspecified atom stereocenters. The predicted molar refractivity (Wildman–Crippen MR) is 264 cm³/mol. The second-order valence-electron chi connectivity index (χ2n) is 19.2. The first-order valence-corrected chi connectivity index (χ1v) is 22.7. The van der Waals surface area contributed by atoms with Crippen LogP contribution in [0.4, 0.5) is 17.1 Å². The highest BCUT2D eigenvalue weighted by atomic mass is 32.1. The molecule has 1 aliphatic carbocycles. The van der Waals surface area contributed by atoms with Gasteiger partial charge in [-0.05, 0) is 91.7 Å². The first kappa shape index (κ1) is 34.8. The SMILES string of the molecule is CC(C)(C)c1ccc(N2c3cc4c(c5c3B(c3ccc6sc7ccccc7c6c32)n2c3oc6ccccc6c3c3cccc-5c32)-c2ccccc2C4(C)C)c(-c2ccccc2)c1. The number of hydrogen-bond donors (Lipinski definition) is 0. The molecule has 8 aromatic carbocycles. The van der Waals surface area contributed by atoms with Gasteiger partial charge >= 0.3 is 6.85 Å². The summed E-state index contributed by atoms with van der Waals surface area (Å²) in [5.41, 5.74) is 21.0. The zero-order valence-corrected chi connectivity index (χ0v) is 36.1. The summed E-state index contributed by atoms with van der Waals surface area (Å²) >= 11 is 1.89. The number of para-hydroxylation sites is 2. The number of hydrogen-bond acceptors (Lipinski definition) is 3. The Morgan fingerprint density at radius 1 is 0.581 bits per heavy atom. The molecule has 0 bridgehead atoms. The molecule has 0 saturated carbocycles. The van der Waals surface area contributed by atoms with Crippen molar-refractivity contribution >= 4 is 99.3 Å². The van der Waals surface area contributed by atoms with Crippen LogP contribution in [-0.2, 0) is 10.8 Å². The second kappa shape index (κ2) is 11.8. The van der Waals surface area contributed by atoms with Gasteiger partial charge in [0.1, 0.15) is 5.58 Å². The number of aromatic nitrogens is 1. The molecule has 3 aromatic heterocycles. The second-order valence-corrected chi connectivity index (χ2v) is 20.3. The number of rotatable bonds is 2. The summed E-state index contributed by atoms with van der Waals surface area (Å²) in [6.45, 7) is 11.7. The summed E-state index contributed by atoms with van der Waals surface area (Å²) in [5, 5.41) is 6.20. The molecule has 14 rings (SSSR count). The van der Waals surface area contributed by atoms with E-state index in [0.717, 1.165) is 16.7 Å². The van der Waals surface area contributed by atoms with E-state index in [1.165, 1.54) is 115 Å². The molecule has 0 amide bonds. The number of thiophene rings is 1. The fourth-order valence-corrected chi connectivity index (χ4v) is 12.8. The lowest BCUT2D eigenvalue weighted by molar-refractivity contribution is 0.590. The van der Waals surface area contributed by atoms with Gasteiger partial charge in [0.2, 0.25) is 0 Å². The third kappa shape index (κ3) is 4.27. The van der Waals surface area contributed by atoms with Gasteiger partial charge in [-0.3, -0.25) is 0 Å². The highest BCUT2D eigenvalue weighted by molar-refractivity contribution is 7.26. The number of furan rings is 1. The van der Waals surface area contributed by atoms with Gasteiger partial charge in [0.25, 0.3) is 0 Å². The summed E-state index contributed by atoms with van der Waals surface area (Å²) in [4.78, 5) is 2.69. The van der Waals surface area contributed by atoms with E-state index in [2.05, 4.69) is 202 Å². The summed E-state index contributed by atoms with van der Waals surface area (Å²) < 4.78 is 12.3. The van der Waals surface area contributed by atoms with E-state index < -0.39 is 0 Å². The Hall–Kier alpha value is -6.82. The molecule has 0 saturated heterocycles. The highest BCUT2D eigenvalue weighted by Gasteiger charge is 2.49. The van der Waals surface area contributed by atoms with Crippen molar-refractivity contribution in [1.29, 1.82) is 0 Å². The molecule has 0 N–H and O–H groups in total. The molecule has 0 radical (unpaired) electrons. The van der Waals surface area contributed by atoms with Crippen LogP contribution in [0.25, 0.3) is 86.5 Å². The minimum atomic E-state index is -0.227. The van der Waals surface area contributed by atoms with E-state index in [1.807, 2.05) is 11.3 Å². The number of anilines is 3. The standard InChI is InChI=1S/C57H41BN2OS/c1-56(2,3)33-26-28-43(39(30-33)32-16-7-6-8-17-32)59-44-31-41-49(34-18-9-12-23-40(34)57(41,4)5)51-38-22-15-21-37-48-35-19-10-13-24-45(35)61-55(48)60(53(37)38)58(52(44)51)42-27-29-47-50(54(42)59)36-20-11-14-25-46(36)62-47/h6-31H,1-5H3. The van der Waals surface area contributed by atoms with Crippen molar-refractivity contribution in [3.05, 3.63) is 174 Å². The van der Waals surface area contributed by atoms with E-state index in [1.54, 1.807) is 0 Å². The Morgan fingerprint density at radius 2 is 1.32 bits per heavy atom. The monoisotopic (exact) mass is 812 g/mol. The summed E-state index contributed by atoms with van der Waals surface area (Å²) in [5.74, 6) is 0. The van der Waals surface area contributed by atoms with E-state index in [4.69, 9.17) is 4.42 Å². The zero-order valence-electron chi connectivity index (χ0n) is 35.3. The van der Waals surface area contributed by atoms with Crippen molar-refractivity contribution < 1.29 is 4.42 Å². The van der Waals surface area contributed by atoms with Crippen LogP contribution >= 0.6 is 11.3 Å². The van der Waals surface area contributed by atoms with Gasteiger partial charge in [-0.1, -0.05) is 156 Å². The molecule has 5 heterocycles. The average molecular weight is 813 g/mol. The van der Waals surface area contributed by atoms with Gasteiger partial charge in [-0.25, -0.2) is 0 Å². The first-order valence-electron chi connectivity index (χ1n) is 21.9. The van der Waals surface area contributed by atoms with Gasteiger partial charge in [0.15, 0.2) is 5.71 Å². The molecule has 11 aromatic rings. The van der Waals surface area contributed by atoms with Crippen LogP contribution in [0.1, 0.15) is 51.3 Å². The van der Waals surface area contributed by atoms with Crippen LogP contribution < -0.4 is 15.8 Å². The first-order chi connectivity index (χ1) is 30.2. The molecule has 2 aliphatic heterocycles. The maximum atomic E-state index is 7.08. The molecular formula is C57H41BN2OS. The predicted octanol–water partition coefficient (Wildman–Crippen LogP) is 14.6. The largest absolute Gasteiger partial charge is 0.441 e. The van der Waals surface area contributed by atoms with Crippen LogP contribution in [0.3, 0.4) is 0 Å². The van der Waals surface area contributed by atoms with Gasteiger partial charge in [-0.15, -0.1) is 11.3 Å². The summed E-state index contributed by atoms with van der Waals surface area (Å²) in [6.07, 6.45) is 0. The van der Waals surface area contributed by atoms with Gasteiger partial charge < -0.3 is 13.8 Å². The summed E-state index contributed by atoms with van der Waals surface area (Å²) in [7, 11) is 0. The number of nitrogens with zero attached hydrogens (tertiary/aromatic N) is 2. The highest BCUT2D eigenvalue weighted by Crippen LogP contribution is 2.58. The number of benzene rings is 8. The molecule has 62 heavy (non-hydrogen) atoms. The van der Waals surface area contributed by atoms with E-state index in [9.17, 15) is 0 Å². The quantitative estimate of drug-likeness (QED) is 0.162. The third-order valence-corrected chi connectivity index (χ3v) is 15.7. The van der Waals surface area contributed by atoms with Crippen molar-refractivity contribution in [3.8, 4) is 33.4 Å². The van der Waals surface area contributed by atoms with Crippen molar-refractivity contribution in [2.45, 2.75) is 45.4 Å². The maximum Gasteiger partial charge on any atom is 0.336 e. The Morgan fingerprint density at radius 3 is 2.18 bits per heavy atom. The van der Waals surface area contributed by atoms with Crippen LogP contribution in [-0.4, -0.2) is 11.3 Å². The molecule has 3 aliphatic rings. The average Bonchev–Trinajstić information content (AvgIpc) is 4.01. The Kier molecular flexibility index (Phi) is 6.61. The van der Waals surface area contributed by atoms with E-state index >= 15 is 0 Å². The lowest BCUT2D eigenvalue weighted by Gasteiger charge is -2.42. The smallest absolute Gasteiger partial charge is 0.336 e. The normalized spacial score (nSPS) is 14.6. The minimum absolute atomic E-state index is 0.0339. The van der Waals surface area contributed by atoms with Crippen molar-refractivity contribution in [2.24, 2.45) is 0 Å².